The van der Waals surface area contributed by atoms with Crippen LogP contribution in [0.1, 0.15) is 33.6 Å². The summed E-state index contributed by atoms with van der Waals surface area (Å²) in [6, 6.07) is -0.697. The molecule has 80 valence electrons. The van der Waals surface area contributed by atoms with Gasteiger partial charge in [-0.3, -0.25) is 4.79 Å². The predicted molar refractivity (Wildman–Crippen MR) is 51.8 cm³/mol. The van der Waals surface area contributed by atoms with Gasteiger partial charge in [-0.25, -0.2) is 4.79 Å². The van der Waals surface area contributed by atoms with Gasteiger partial charge in [0.1, 0.15) is 6.04 Å². The Morgan fingerprint density at radius 2 is 2.07 bits per heavy atom. The zero-order valence-corrected chi connectivity index (χ0v) is 8.91. The summed E-state index contributed by atoms with van der Waals surface area (Å²) in [5.41, 5.74) is -0.411. The number of hydrogen-bond donors (Lipinski definition) is 1. The Balaban J connectivity index is 2.88. The Morgan fingerprint density at radius 3 is 2.36 bits per heavy atom. The van der Waals surface area contributed by atoms with Crippen LogP contribution in [0.3, 0.4) is 0 Å². The summed E-state index contributed by atoms with van der Waals surface area (Å²) >= 11 is 0. The van der Waals surface area contributed by atoms with E-state index >= 15 is 0 Å². The predicted octanol–water partition coefficient (Wildman–Crippen LogP) is 1.11. The monoisotopic (exact) mass is 199 g/mol. The molecular formula is C10H17NO3. The van der Waals surface area contributed by atoms with Gasteiger partial charge in [-0.05, 0) is 11.8 Å². The number of rotatable bonds is 2. The second kappa shape index (κ2) is 3.59. The van der Waals surface area contributed by atoms with Crippen molar-refractivity contribution in [3.05, 3.63) is 0 Å². The Hall–Kier alpha value is -1.06. The Kier molecular flexibility index (Phi) is 2.83. The minimum Gasteiger partial charge on any atom is -0.480 e. The lowest BCUT2D eigenvalue weighted by atomic mass is 9.86. The first-order valence-electron chi connectivity index (χ1n) is 4.86. The number of nitrogens with zero attached hydrogens (tertiary/aromatic N) is 1. The van der Waals surface area contributed by atoms with Crippen molar-refractivity contribution in [2.45, 2.75) is 39.7 Å². The highest BCUT2D eigenvalue weighted by atomic mass is 16.4. The van der Waals surface area contributed by atoms with Crippen molar-refractivity contribution in [3.63, 3.8) is 0 Å². The lowest BCUT2D eigenvalue weighted by Gasteiger charge is -2.34. The average molecular weight is 199 g/mol. The Bertz CT molecular complexity index is 255. The van der Waals surface area contributed by atoms with E-state index in [1.54, 1.807) is 0 Å². The van der Waals surface area contributed by atoms with Gasteiger partial charge in [-0.2, -0.15) is 0 Å². The molecule has 0 bridgehead atoms. The van der Waals surface area contributed by atoms with Crippen LogP contribution in [-0.2, 0) is 9.59 Å². The van der Waals surface area contributed by atoms with E-state index in [1.807, 2.05) is 20.8 Å². The van der Waals surface area contributed by atoms with Crippen LogP contribution in [0.25, 0.3) is 0 Å². The number of likely N-dealkylation sites (tertiary alicyclic amines) is 1. The molecule has 1 aliphatic rings. The van der Waals surface area contributed by atoms with Crippen LogP contribution in [0.15, 0.2) is 0 Å². The van der Waals surface area contributed by atoms with E-state index in [0.717, 1.165) is 6.42 Å². The fraction of sp³-hybridized carbons (Fsp3) is 0.800. The highest BCUT2D eigenvalue weighted by Gasteiger charge is 2.40. The third-order valence-electron chi connectivity index (χ3n) is 2.48. The van der Waals surface area contributed by atoms with E-state index in [9.17, 15) is 9.59 Å². The molecule has 1 fully saturated rings. The number of carboxylic acids is 1. The molecule has 1 rings (SSSR count). The highest BCUT2D eigenvalue weighted by Crippen LogP contribution is 2.28. The number of carboxylic acid groups (broad SMARTS) is 1. The maximum Gasteiger partial charge on any atom is 0.326 e. The zero-order valence-electron chi connectivity index (χ0n) is 8.91. The molecule has 14 heavy (non-hydrogen) atoms. The number of carbonyl (C=O) groups is 2. The summed E-state index contributed by atoms with van der Waals surface area (Å²) in [5.74, 6) is -0.944. The van der Waals surface area contributed by atoms with E-state index in [4.69, 9.17) is 5.11 Å². The van der Waals surface area contributed by atoms with E-state index in [0.29, 0.717) is 13.0 Å². The van der Waals surface area contributed by atoms with E-state index < -0.39 is 17.4 Å². The number of aliphatic carboxylic acids is 1. The molecule has 0 spiro atoms. The van der Waals surface area contributed by atoms with Crippen LogP contribution < -0.4 is 0 Å². The van der Waals surface area contributed by atoms with Gasteiger partial charge < -0.3 is 10.0 Å². The van der Waals surface area contributed by atoms with Crippen molar-refractivity contribution in [3.8, 4) is 0 Å². The van der Waals surface area contributed by atoms with Gasteiger partial charge in [0.2, 0.25) is 5.91 Å². The summed E-state index contributed by atoms with van der Waals surface area (Å²) in [6.07, 6.45) is 1.26. The maximum atomic E-state index is 11.4. The van der Waals surface area contributed by atoms with Crippen LogP contribution in [0.5, 0.6) is 0 Å². The van der Waals surface area contributed by atoms with Crippen molar-refractivity contribution in [2.24, 2.45) is 5.41 Å². The molecule has 0 aromatic heterocycles. The molecule has 1 aliphatic heterocycles. The largest absolute Gasteiger partial charge is 0.480 e. The Labute approximate surface area is 83.9 Å². The standard InChI is InChI=1S/C10H17NO3/c1-10(2,3)8(9(13)14)11-6-4-5-7(11)12/h8H,4-6H2,1-3H3,(H,13,14)/t8-/m1/s1. The van der Waals surface area contributed by atoms with Gasteiger partial charge in [-0.1, -0.05) is 20.8 Å². The molecule has 1 amide bonds. The van der Waals surface area contributed by atoms with Crippen molar-refractivity contribution >= 4 is 11.9 Å². The smallest absolute Gasteiger partial charge is 0.326 e. The lowest BCUT2D eigenvalue weighted by molar-refractivity contribution is -0.153. The maximum absolute atomic E-state index is 11.4. The molecule has 4 heteroatoms. The topological polar surface area (TPSA) is 57.6 Å². The van der Waals surface area contributed by atoms with Gasteiger partial charge in [0.15, 0.2) is 0 Å². The molecule has 1 saturated heterocycles. The minimum atomic E-state index is -0.909. The second-order valence-corrected chi connectivity index (χ2v) is 4.80. The highest BCUT2D eigenvalue weighted by molar-refractivity contribution is 5.85. The third-order valence-corrected chi connectivity index (χ3v) is 2.48. The SMILES string of the molecule is CC(C)(C)[C@@H](C(=O)O)N1CCCC1=O. The summed E-state index contributed by atoms with van der Waals surface area (Å²) in [5, 5.41) is 9.09. The van der Waals surface area contributed by atoms with Crippen LogP contribution in [0.4, 0.5) is 0 Å². The summed E-state index contributed by atoms with van der Waals surface area (Å²) in [7, 11) is 0. The molecule has 0 saturated carbocycles. The third kappa shape index (κ3) is 2.05. The molecule has 4 nitrogen and oxygen atoms in total. The van der Waals surface area contributed by atoms with Gasteiger partial charge in [0.25, 0.3) is 0 Å². The van der Waals surface area contributed by atoms with Crippen molar-refractivity contribution < 1.29 is 14.7 Å². The zero-order chi connectivity index (χ0) is 10.9. The number of amides is 1. The Morgan fingerprint density at radius 1 is 1.50 bits per heavy atom. The quantitative estimate of drug-likeness (QED) is 0.724. The van der Waals surface area contributed by atoms with Gasteiger partial charge in [0, 0.05) is 13.0 Å². The summed E-state index contributed by atoms with van der Waals surface area (Å²) in [6.45, 7) is 6.11. The lowest BCUT2D eigenvalue weighted by Crippen LogP contribution is -2.49. The van der Waals surface area contributed by atoms with E-state index in [-0.39, 0.29) is 5.91 Å². The van der Waals surface area contributed by atoms with Gasteiger partial charge >= 0.3 is 5.97 Å². The molecule has 0 aromatic rings. The van der Waals surface area contributed by atoms with Gasteiger partial charge in [-0.15, -0.1) is 0 Å². The second-order valence-electron chi connectivity index (χ2n) is 4.80. The molecular weight excluding hydrogens is 182 g/mol. The van der Waals surface area contributed by atoms with Gasteiger partial charge in [0.05, 0.1) is 0 Å². The number of carbonyl (C=O) groups excluding carboxylic acids is 1. The van der Waals surface area contributed by atoms with Crippen LogP contribution in [-0.4, -0.2) is 34.5 Å². The number of hydrogen-bond acceptors (Lipinski definition) is 2. The van der Waals surface area contributed by atoms with E-state index in [1.165, 1.54) is 4.90 Å². The summed E-state index contributed by atoms with van der Waals surface area (Å²) in [4.78, 5) is 24.0. The van der Waals surface area contributed by atoms with Crippen molar-refractivity contribution in [2.75, 3.05) is 6.54 Å². The molecule has 0 aromatic carbocycles. The van der Waals surface area contributed by atoms with Crippen molar-refractivity contribution in [1.29, 1.82) is 0 Å². The fourth-order valence-electron chi connectivity index (χ4n) is 1.91. The van der Waals surface area contributed by atoms with Crippen LogP contribution >= 0.6 is 0 Å². The van der Waals surface area contributed by atoms with Crippen molar-refractivity contribution in [1.82, 2.24) is 4.90 Å². The molecule has 1 atom stereocenters. The average Bonchev–Trinajstić information content (AvgIpc) is 2.32. The molecule has 1 N–H and O–H groups in total. The summed E-state index contributed by atoms with van der Waals surface area (Å²) < 4.78 is 0. The first-order chi connectivity index (χ1) is 6.34. The van der Waals surface area contributed by atoms with E-state index in [2.05, 4.69) is 0 Å². The normalized spacial score (nSPS) is 19.9. The molecule has 0 aliphatic carbocycles. The fourth-order valence-corrected chi connectivity index (χ4v) is 1.91. The molecule has 1 heterocycles. The first kappa shape index (κ1) is 11.0. The van der Waals surface area contributed by atoms with Crippen LogP contribution in [0.2, 0.25) is 0 Å². The first-order valence-corrected chi connectivity index (χ1v) is 4.86. The molecule has 0 radical (unpaired) electrons. The minimum absolute atomic E-state index is 0.0349. The molecule has 0 unspecified atom stereocenters. The van der Waals surface area contributed by atoms with Crippen LogP contribution in [0, 0.1) is 5.41 Å².